The van der Waals surface area contributed by atoms with Gasteiger partial charge in [0, 0.05) is 53.9 Å². The summed E-state index contributed by atoms with van der Waals surface area (Å²) in [5.41, 5.74) is 12.9. The van der Waals surface area contributed by atoms with E-state index in [1.807, 2.05) is 22.7 Å². The first-order chi connectivity index (χ1) is 27.3. The molecule has 2 aliphatic carbocycles. The third kappa shape index (κ3) is 4.32. The molecule has 4 heteroatoms. The largest absolute Gasteiger partial charge is 0.308 e. The van der Waals surface area contributed by atoms with Crippen molar-refractivity contribution in [3.05, 3.63) is 175 Å². The van der Waals surface area contributed by atoms with Gasteiger partial charge in [0.25, 0.3) is 0 Å². The van der Waals surface area contributed by atoms with E-state index in [1.54, 1.807) is 0 Å². The van der Waals surface area contributed by atoms with Crippen LogP contribution in [0.4, 0.5) is 34.1 Å². The highest BCUT2D eigenvalue weighted by molar-refractivity contribution is 7.18. The lowest BCUT2D eigenvalue weighted by Gasteiger charge is -2.42. The summed E-state index contributed by atoms with van der Waals surface area (Å²) in [5.74, 6) is 0.606. The summed E-state index contributed by atoms with van der Waals surface area (Å²) in [5, 5.41) is 5.50. The summed E-state index contributed by atoms with van der Waals surface area (Å²) in [6.07, 6.45) is 10.3. The van der Waals surface area contributed by atoms with E-state index in [1.165, 1.54) is 96.1 Å². The Bertz CT molecular complexity index is 3000. The van der Waals surface area contributed by atoms with Gasteiger partial charge in [0.15, 0.2) is 0 Å². The van der Waals surface area contributed by atoms with Crippen molar-refractivity contribution in [1.29, 1.82) is 0 Å². The molecule has 270 valence electrons. The molecule has 6 aromatic carbocycles. The highest BCUT2D eigenvalue weighted by atomic mass is 32.1. The number of thiophene rings is 2. The lowest BCUT2D eigenvalue weighted by molar-refractivity contribution is 0.633. The van der Waals surface area contributed by atoms with Crippen molar-refractivity contribution in [2.75, 3.05) is 9.80 Å². The van der Waals surface area contributed by atoms with Crippen LogP contribution in [-0.2, 0) is 10.8 Å². The van der Waals surface area contributed by atoms with Crippen LogP contribution in [0, 0.1) is 11.8 Å². The van der Waals surface area contributed by atoms with Crippen LogP contribution in [0.5, 0.6) is 0 Å². The second-order valence-corrected chi connectivity index (χ2v) is 19.0. The summed E-state index contributed by atoms with van der Waals surface area (Å²) in [7, 11) is 0. The Morgan fingerprint density at radius 2 is 0.804 bits per heavy atom. The molecule has 0 saturated heterocycles. The number of fused-ring (bicyclic) bond motifs is 13. The second-order valence-electron chi connectivity index (χ2n) is 16.9. The van der Waals surface area contributed by atoms with Crippen LogP contribution in [0.3, 0.4) is 0 Å². The minimum Gasteiger partial charge on any atom is -0.308 e. The van der Waals surface area contributed by atoms with Crippen molar-refractivity contribution in [2.45, 2.75) is 38.5 Å². The zero-order chi connectivity index (χ0) is 37.5. The number of hydrogen-bond donors (Lipinski definition) is 0. The quantitative estimate of drug-likeness (QED) is 0.173. The minimum absolute atomic E-state index is 0.124. The molecule has 0 spiro atoms. The molecule has 12 rings (SSSR count). The molecule has 0 fully saturated rings. The minimum atomic E-state index is -0.124. The van der Waals surface area contributed by atoms with E-state index >= 15 is 0 Å². The molecule has 4 aliphatic rings. The average Bonchev–Trinajstić information content (AvgIpc) is 3.77. The van der Waals surface area contributed by atoms with E-state index in [-0.39, 0.29) is 10.8 Å². The van der Waals surface area contributed by atoms with E-state index in [4.69, 9.17) is 0 Å². The molecule has 56 heavy (non-hydrogen) atoms. The van der Waals surface area contributed by atoms with Crippen molar-refractivity contribution in [2.24, 2.45) is 11.8 Å². The summed E-state index contributed by atoms with van der Waals surface area (Å²) in [6, 6.07) is 49.5. The van der Waals surface area contributed by atoms with Crippen LogP contribution >= 0.6 is 22.7 Å². The predicted molar refractivity (Wildman–Crippen MR) is 241 cm³/mol. The maximum atomic E-state index is 2.58. The standard InChI is InChI=1S/C52H40N2S2/c1-51(2)39-19-11-13-21-43(39)53(33-15-7-5-8-16-33)47-41(51)25-23-35-37-27-31-30-46-38(28-32(31)29-45(37)55-49(35)47)36-24-26-42-48(50(36)56-46)54(34-17-9-6-10-18-34)44-22-14-12-20-40(44)52(42,3)4/h5-32H,1-4H3. The van der Waals surface area contributed by atoms with Crippen LogP contribution < -0.4 is 29.3 Å². The fraction of sp³-hybridized carbons (Fsp3) is 0.154. The maximum Gasteiger partial charge on any atom is 0.0681 e. The van der Waals surface area contributed by atoms with Gasteiger partial charge in [-0.2, -0.15) is 0 Å². The van der Waals surface area contributed by atoms with E-state index in [0.717, 1.165) is 0 Å². The molecule has 8 aromatic rings. The summed E-state index contributed by atoms with van der Waals surface area (Å²) < 4.78 is 5.53. The Balaban J connectivity index is 1.06. The van der Waals surface area contributed by atoms with Gasteiger partial charge in [0.05, 0.1) is 32.1 Å². The lowest BCUT2D eigenvalue weighted by atomic mass is 9.73. The van der Waals surface area contributed by atoms with Crippen molar-refractivity contribution >= 4 is 101 Å². The van der Waals surface area contributed by atoms with Crippen LogP contribution in [0.1, 0.15) is 49.9 Å². The molecule has 0 bridgehead atoms. The highest BCUT2D eigenvalue weighted by Gasteiger charge is 2.40. The van der Waals surface area contributed by atoms with Gasteiger partial charge in [-0.25, -0.2) is 0 Å². The van der Waals surface area contributed by atoms with Crippen molar-refractivity contribution < 1.29 is 0 Å². The maximum absolute atomic E-state index is 2.58. The van der Waals surface area contributed by atoms with Crippen LogP contribution in [-0.4, -0.2) is 0 Å². The number of rotatable bonds is 2. The molecule has 2 aliphatic heterocycles. The first-order valence-electron chi connectivity index (χ1n) is 19.8. The lowest BCUT2D eigenvalue weighted by Crippen LogP contribution is -2.34. The molecule has 2 nitrogen and oxygen atoms in total. The SMILES string of the molecule is CC1(C)c2ccccc2N(c2ccccc2)c2c1ccc1c3c(sc21)=CC1C=c2c(sc4c5c(ccc24)C(C)(C)c2ccccc2N5c2ccccc2)=CC1C=3. The fourth-order valence-corrected chi connectivity index (χ4v) is 12.9. The van der Waals surface area contributed by atoms with Crippen molar-refractivity contribution in [3.63, 3.8) is 0 Å². The monoisotopic (exact) mass is 756 g/mol. The number of anilines is 6. The average molecular weight is 757 g/mol. The highest BCUT2D eigenvalue weighted by Crippen LogP contribution is 2.56. The Kier molecular flexibility index (Phi) is 6.65. The molecule has 2 unspecified atom stereocenters. The molecular formula is C52H40N2S2. The Hall–Kier alpha value is -5.68. The van der Waals surface area contributed by atoms with Crippen LogP contribution in [0.25, 0.3) is 44.5 Å². The van der Waals surface area contributed by atoms with Crippen molar-refractivity contribution in [3.8, 4) is 0 Å². The van der Waals surface area contributed by atoms with Gasteiger partial charge < -0.3 is 9.80 Å². The molecular weight excluding hydrogens is 717 g/mol. The molecule has 0 N–H and O–H groups in total. The van der Waals surface area contributed by atoms with Crippen LogP contribution in [0.2, 0.25) is 0 Å². The topological polar surface area (TPSA) is 6.48 Å². The van der Waals surface area contributed by atoms with Gasteiger partial charge in [-0.05, 0) is 69.1 Å². The number of para-hydroxylation sites is 4. The summed E-state index contributed by atoms with van der Waals surface area (Å²) in [4.78, 5) is 5.04. The summed E-state index contributed by atoms with van der Waals surface area (Å²) >= 11 is 3.95. The molecule has 4 heterocycles. The first kappa shape index (κ1) is 32.6. The number of benzene rings is 6. The predicted octanol–water partition coefficient (Wildman–Crippen LogP) is 11.4. The normalized spacial score (nSPS) is 19.1. The van der Waals surface area contributed by atoms with Gasteiger partial charge >= 0.3 is 0 Å². The Labute approximate surface area is 334 Å². The third-order valence-electron chi connectivity index (χ3n) is 13.1. The molecule has 0 radical (unpaired) electrons. The summed E-state index contributed by atoms with van der Waals surface area (Å²) in [6.45, 7) is 9.56. The smallest absolute Gasteiger partial charge is 0.0681 e. The van der Waals surface area contributed by atoms with Gasteiger partial charge in [-0.3, -0.25) is 0 Å². The Morgan fingerprint density at radius 1 is 0.411 bits per heavy atom. The van der Waals surface area contributed by atoms with E-state index in [2.05, 4.69) is 195 Å². The number of hydrogen-bond acceptors (Lipinski definition) is 4. The zero-order valence-corrected chi connectivity index (χ0v) is 33.5. The van der Waals surface area contributed by atoms with Gasteiger partial charge in [0.1, 0.15) is 0 Å². The number of nitrogens with zero attached hydrogens (tertiary/aromatic N) is 2. The van der Waals surface area contributed by atoms with E-state index in [0.29, 0.717) is 11.8 Å². The van der Waals surface area contributed by atoms with E-state index < -0.39 is 0 Å². The molecule has 0 amide bonds. The molecule has 2 atom stereocenters. The van der Waals surface area contributed by atoms with Crippen molar-refractivity contribution in [1.82, 2.24) is 0 Å². The van der Waals surface area contributed by atoms with E-state index in [9.17, 15) is 0 Å². The Morgan fingerprint density at radius 3 is 1.23 bits per heavy atom. The fourth-order valence-electron chi connectivity index (χ4n) is 10.3. The molecule has 2 aromatic heterocycles. The van der Waals surface area contributed by atoms with Gasteiger partial charge in [-0.15, -0.1) is 22.7 Å². The first-order valence-corrected chi connectivity index (χ1v) is 21.4. The molecule has 0 saturated carbocycles. The van der Waals surface area contributed by atoms with Crippen LogP contribution in [0.15, 0.2) is 133 Å². The second kappa shape index (κ2) is 11.4. The van der Waals surface area contributed by atoms with Gasteiger partial charge in [0.2, 0.25) is 0 Å². The van der Waals surface area contributed by atoms with Gasteiger partial charge in [-0.1, -0.05) is 149 Å². The third-order valence-corrected chi connectivity index (χ3v) is 15.5. The zero-order valence-electron chi connectivity index (χ0n) is 31.9.